The minimum Gasteiger partial charge on any atom is -0.352 e. The number of rotatable bonds is 10. The summed E-state index contributed by atoms with van der Waals surface area (Å²) in [6.07, 6.45) is 1.43. The smallest absolute Gasteiger partial charge is 0.244 e. The Morgan fingerprint density at radius 3 is 2.12 bits per heavy atom. The van der Waals surface area contributed by atoms with Gasteiger partial charge in [-0.05, 0) is 50.1 Å². The molecule has 0 unspecified atom stereocenters. The summed E-state index contributed by atoms with van der Waals surface area (Å²) in [5, 5.41) is 3.41. The highest BCUT2D eigenvalue weighted by Crippen LogP contribution is 2.20. The second kappa shape index (κ2) is 11.3. The van der Waals surface area contributed by atoms with E-state index in [1.165, 1.54) is 4.90 Å². The molecule has 0 aliphatic rings. The molecule has 0 bridgehead atoms. The van der Waals surface area contributed by atoms with Crippen LogP contribution in [0, 0.1) is 0 Å². The minimum absolute atomic E-state index is 0.0964. The Balaban J connectivity index is 2.40. The van der Waals surface area contributed by atoms with Crippen molar-refractivity contribution >= 4 is 39.1 Å². The van der Waals surface area contributed by atoms with Gasteiger partial charge < -0.3 is 10.2 Å². The van der Waals surface area contributed by atoms with E-state index in [0.29, 0.717) is 17.1 Å². The molecule has 1 N–H and O–H groups in total. The van der Waals surface area contributed by atoms with Gasteiger partial charge in [-0.15, -0.1) is 0 Å². The molecule has 0 aromatic heterocycles. The maximum absolute atomic E-state index is 13.4. The molecule has 0 aliphatic heterocycles. The van der Waals surface area contributed by atoms with E-state index in [2.05, 4.69) is 5.32 Å². The lowest BCUT2D eigenvalue weighted by Crippen LogP contribution is -2.53. The van der Waals surface area contributed by atoms with Gasteiger partial charge in [-0.25, -0.2) is 8.42 Å². The zero-order valence-corrected chi connectivity index (χ0v) is 20.4. The highest BCUT2D eigenvalue weighted by Gasteiger charge is 2.31. The van der Waals surface area contributed by atoms with E-state index in [0.717, 1.165) is 16.1 Å². The summed E-state index contributed by atoms with van der Waals surface area (Å²) in [6, 6.07) is 14.6. The summed E-state index contributed by atoms with van der Waals surface area (Å²) < 4.78 is 26.0. The van der Waals surface area contributed by atoms with Crippen LogP contribution in [0.3, 0.4) is 0 Å². The van der Waals surface area contributed by atoms with Crippen molar-refractivity contribution in [3.63, 3.8) is 0 Å². The van der Waals surface area contributed by atoms with Crippen LogP contribution in [0.2, 0.25) is 5.02 Å². The molecular formula is C23H30ClN3O4S. The molecule has 0 saturated heterocycles. The van der Waals surface area contributed by atoms with E-state index >= 15 is 0 Å². The summed E-state index contributed by atoms with van der Waals surface area (Å²) >= 11 is 5.98. The van der Waals surface area contributed by atoms with Gasteiger partial charge >= 0.3 is 0 Å². The predicted octanol–water partition coefficient (Wildman–Crippen LogP) is 3.44. The lowest BCUT2D eigenvalue weighted by molar-refractivity contribution is -0.140. The molecule has 7 nitrogen and oxygen atoms in total. The standard InChI is InChI=1S/C23H30ClN3O4S/c1-5-21(23(29)25-17(2)3)26(15-18-11-13-19(24)14-12-18)22(28)16-27(32(4,30)31)20-9-7-6-8-10-20/h6-14,17,21H,5,15-16H2,1-4H3,(H,25,29)/t21-/m1/s1. The number of carbonyl (C=O) groups is 2. The quantitative estimate of drug-likeness (QED) is 0.565. The van der Waals surface area contributed by atoms with E-state index in [9.17, 15) is 18.0 Å². The molecule has 32 heavy (non-hydrogen) atoms. The zero-order valence-electron chi connectivity index (χ0n) is 18.8. The molecule has 174 valence electrons. The minimum atomic E-state index is -3.73. The van der Waals surface area contributed by atoms with Crippen LogP contribution >= 0.6 is 11.6 Å². The molecule has 2 aromatic carbocycles. The first-order chi connectivity index (χ1) is 15.0. The normalized spacial score (nSPS) is 12.3. The van der Waals surface area contributed by atoms with Gasteiger partial charge in [0, 0.05) is 17.6 Å². The first-order valence-corrected chi connectivity index (χ1v) is 12.6. The maximum Gasteiger partial charge on any atom is 0.244 e. The van der Waals surface area contributed by atoms with Crippen molar-refractivity contribution in [2.24, 2.45) is 0 Å². The Bertz CT molecular complexity index is 1010. The van der Waals surface area contributed by atoms with Crippen LogP contribution < -0.4 is 9.62 Å². The van der Waals surface area contributed by atoms with Crippen molar-refractivity contribution in [1.82, 2.24) is 10.2 Å². The van der Waals surface area contributed by atoms with Crippen molar-refractivity contribution in [2.45, 2.75) is 45.8 Å². The average molecular weight is 480 g/mol. The fourth-order valence-electron chi connectivity index (χ4n) is 3.29. The third-order valence-corrected chi connectivity index (χ3v) is 6.20. The lowest BCUT2D eigenvalue weighted by atomic mass is 10.1. The molecule has 0 radical (unpaired) electrons. The fourth-order valence-corrected chi connectivity index (χ4v) is 4.27. The van der Waals surface area contributed by atoms with E-state index in [-0.39, 0.29) is 18.5 Å². The number of nitrogens with one attached hydrogen (secondary N) is 1. The molecule has 0 fully saturated rings. The van der Waals surface area contributed by atoms with Crippen LogP contribution in [0.15, 0.2) is 54.6 Å². The summed E-state index contributed by atoms with van der Waals surface area (Å²) in [7, 11) is -3.73. The molecular weight excluding hydrogens is 450 g/mol. The molecule has 2 amide bonds. The number of amides is 2. The number of para-hydroxylation sites is 1. The first-order valence-electron chi connectivity index (χ1n) is 10.4. The van der Waals surface area contributed by atoms with Crippen LogP contribution in [0.5, 0.6) is 0 Å². The number of hydrogen-bond acceptors (Lipinski definition) is 4. The molecule has 2 rings (SSSR count). The summed E-state index contributed by atoms with van der Waals surface area (Å²) in [6.45, 7) is 5.24. The monoisotopic (exact) mass is 479 g/mol. The van der Waals surface area contributed by atoms with Gasteiger partial charge in [-0.3, -0.25) is 13.9 Å². The number of halogens is 1. The van der Waals surface area contributed by atoms with Crippen LogP contribution in [0.4, 0.5) is 5.69 Å². The van der Waals surface area contributed by atoms with Gasteiger partial charge in [0.05, 0.1) is 11.9 Å². The Labute approximate surface area is 195 Å². The van der Waals surface area contributed by atoms with E-state index < -0.39 is 28.5 Å². The summed E-state index contributed by atoms with van der Waals surface area (Å²) in [5.41, 5.74) is 1.17. The summed E-state index contributed by atoms with van der Waals surface area (Å²) in [5.74, 6) is -0.754. The summed E-state index contributed by atoms with van der Waals surface area (Å²) in [4.78, 5) is 27.8. The maximum atomic E-state index is 13.4. The topological polar surface area (TPSA) is 86.8 Å². The van der Waals surface area contributed by atoms with Crippen molar-refractivity contribution in [2.75, 3.05) is 17.1 Å². The largest absolute Gasteiger partial charge is 0.352 e. The van der Waals surface area contributed by atoms with Crippen molar-refractivity contribution in [3.8, 4) is 0 Å². The van der Waals surface area contributed by atoms with Gasteiger partial charge in [-0.2, -0.15) is 0 Å². The van der Waals surface area contributed by atoms with Crippen molar-refractivity contribution < 1.29 is 18.0 Å². The second-order valence-corrected chi connectivity index (χ2v) is 10.2. The lowest BCUT2D eigenvalue weighted by Gasteiger charge is -2.33. The third-order valence-electron chi connectivity index (χ3n) is 4.81. The molecule has 0 spiro atoms. The first kappa shape index (κ1) is 25.7. The van der Waals surface area contributed by atoms with Gasteiger partial charge in [0.15, 0.2) is 0 Å². The second-order valence-electron chi connectivity index (χ2n) is 7.84. The Morgan fingerprint density at radius 2 is 1.62 bits per heavy atom. The molecule has 1 atom stereocenters. The molecule has 9 heteroatoms. The van der Waals surface area contributed by atoms with E-state index in [1.54, 1.807) is 54.6 Å². The average Bonchev–Trinajstić information content (AvgIpc) is 2.72. The van der Waals surface area contributed by atoms with E-state index in [4.69, 9.17) is 11.6 Å². The third kappa shape index (κ3) is 7.24. The van der Waals surface area contributed by atoms with E-state index in [1.807, 2.05) is 20.8 Å². The van der Waals surface area contributed by atoms with Gasteiger partial charge in [0.25, 0.3) is 0 Å². The van der Waals surface area contributed by atoms with Gasteiger partial charge in [-0.1, -0.05) is 48.9 Å². The Kier molecular flexibility index (Phi) is 9.09. The number of carbonyl (C=O) groups excluding carboxylic acids is 2. The number of anilines is 1. The Hall–Kier alpha value is -2.58. The number of benzene rings is 2. The number of sulfonamides is 1. The predicted molar refractivity (Wildman–Crippen MR) is 128 cm³/mol. The number of hydrogen-bond donors (Lipinski definition) is 1. The SMILES string of the molecule is CC[C@H](C(=O)NC(C)C)N(Cc1ccc(Cl)cc1)C(=O)CN(c1ccccc1)S(C)(=O)=O. The van der Waals surface area contributed by atoms with Crippen molar-refractivity contribution in [1.29, 1.82) is 0 Å². The van der Waals surface area contributed by atoms with Gasteiger partial charge in [0.2, 0.25) is 21.8 Å². The van der Waals surface area contributed by atoms with Gasteiger partial charge in [0.1, 0.15) is 12.6 Å². The molecule has 2 aromatic rings. The van der Waals surface area contributed by atoms with Crippen LogP contribution in [0.25, 0.3) is 0 Å². The van der Waals surface area contributed by atoms with Crippen LogP contribution in [-0.2, 0) is 26.2 Å². The zero-order chi connectivity index (χ0) is 23.9. The molecule has 0 heterocycles. The molecule has 0 aliphatic carbocycles. The fraction of sp³-hybridized carbons (Fsp3) is 0.391. The highest BCUT2D eigenvalue weighted by atomic mass is 35.5. The van der Waals surface area contributed by atoms with Crippen LogP contribution in [0.1, 0.15) is 32.8 Å². The van der Waals surface area contributed by atoms with Crippen LogP contribution in [-0.4, -0.2) is 50.0 Å². The van der Waals surface area contributed by atoms with Crippen molar-refractivity contribution in [3.05, 3.63) is 65.2 Å². The number of nitrogens with zero attached hydrogens (tertiary/aromatic N) is 2. The Morgan fingerprint density at radius 1 is 1.03 bits per heavy atom. The molecule has 0 saturated carbocycles. The highest BCUT2D eigenvalue weighted by molar-refractivity contribution is 7.92.